The molecule has 1 amide bonds. The van der Waals surface area contributed by atoms with Gasteiger partial charge < -0.3 is 5.32 Å². The number of nitrogens with zero attached hydrogens (tertiary/aromatic N) is 2. The highest BCUT2D eigenvalue weighted by Crippen LogP contribution is 2.31. The van der Waals surface area contributed by atoms with Crippen LogP contribution in [-0.2, 0) is 6.54 Å². The zero-order chi connectivity index (χ0) is 21.5. The normalized spacial score (nSPS) is 11.3. The number of amides is 1. The number of halogens is 1. The summed E-state index contributed by atoms with van der Waals surface area (Å²) < 4.78 is 4.16. The third-order valence-corrected chi connectivity index (χ3v) is 6.87. The van der Waals surface area contributed by atoms with Crippen LogP contribution in [0, 0.1) is 13.8 Å². The number of thiazole rings is 1. The molecule has 5 aromatic rings. The Kier molecular flexibility index (Phi) is 5.12. The third-order valence-electron chi connectivity index (χ3n) is 5.36. The second kappa shape index (κ2) is 7.94. The first-order valence-corrected chi connectivity index (χ1v) is 11.6. The van der Waals surface area contributed by atoms with Crippen LogP contribution in [0.3, 0.4) is 0 Å². The van der Waals surface area contributed by atoms with Crippen molar-refractivity contribution in [3.05, 3.63) is 93.6 Å². The van der Waals surface area contributed by atoms with E-state index in [0.29, 0.717) is 12.1 Å². The highest BCUT2D eigenvalue weighted by atomic mass is 79.9. The molecule has 0 saturated heterocycles. The summed E-state index contributed by atoms with van der Waals surface area (Å²) in [7, 11) is 0. The van der Waals surface area contributed by atoms with Gasteiger partial charge in [0.05, 0.1) is 15.9 Å². The maximum Gasteiger partial charge on any atom is 0.251 e. The van der Waals surface area contributed by atoms with Gasteiger partial charge in [-0.25, -0.2) is 4.98 Å². The smallest absolute Gasteiger partial charge is 0.251 e. The molecule has 0 fully saturated rings. The molecular formula is C25H20BrN3OS. The Balaban J connectivity index is 1.42. The van der Waals surface area contributed by atoms with Gasteiger partial charge in [-0.05, 0) is 55.3 Å². The van der Waals surface area contributed by atoms with Gasteiger partial charge >= 0.3 is 0 Å². The van der Waals surface area contributed by atoms with E-state index < -0.39 is 0 Å². The van der Waals surface area contributed by atoms with Crippen molar-refractivity contribution in [2.24, 2.45) is 0 Å². The Morgan fingerprint density at radius 2 is 1.97 bits per heavy atom. The van der Waals surface area contributed by atoms with E-state index in [1.807, 2.05) is 42.5 Å². The SMILES string of the molecule is Cc1ccc(-c2cn3c(n2)sc2cc(C(=O)NCc4cccc(Br)c4)ccc23)c(C)c1. The molecule has 0 aliphatic carbocycles. The predicted octanol–water partition coefficient (Wildman–Crippen LogP) is 6.53. The number of carbonyl (C=O) groups is 1. The van der Waals surface area contributed by atoms with Gasteiger partial charge in [-0.1, -0.05) is 63.2 Å². The van der Waals surface area contributed by atoms with Gasteiger partial charge in [-0.3, -0.25) is 9.20 Å². The molecule has 2 aromatic heterocycles. The molecule has 1 N–H and O–H groups in total. The Bertz CT molecular complexity index is 1450. The average Bonchev–Trinajstić information content (AvgIpc) is 3.29. The molecule has 0 saturated carbocycles. The van der Waals surface area contributed by atoms with Crippen LogP contribution in [0.15, 0.2) is 71.3 Å². The minimum atomic E-state index is -0.0797. The fourth-order valence-corrected chi connectivity index (χ4v) is 5.30. The first kappa shape index (κ1) is 20.0. The quantitative estimate of drug-likeness (QED) is 0.312. The van der Waals surface area contributed by atoms with Gasteiger partial charge in [-0.15, -0.1) is 0 Å². The van der Waals surface area contributed by atoms with Gasteiger partial charge in [-0.2, -0.15) is 0 Å². The molecule has 0 unspecified atom stereocenters. The number of aryl methyl sites for hydroxylation is 2. The average molecular weight is 490 g/mol. The number of carbonyl (C=O) groups excluding carboxylic acids is 1. The first-order valence-electron chi connectivity index (χ1n) is 10.00. The molecule has 3 aromatic carbocycles. The van der Waals surface area contributed by atoms with E-state index in [2.05, 4.69) is 63.9 Å². The molecule has 5 rings (SSSR count). The van der Waals surface area contributed by atoms with Crippen molar-refractivity contribution < 1.29 is 4.79 Å². The maximum absolute atomic E-state index is 12.7. The molecule has 154 valence electrons. The largest absolute Gasteiger partial charge is 0.348 e. The highest BCUT2D eigenvalue weighted by molar-refractivity contribution is 9.10. The molecule has 0 aliphatic rings. The number of imidazole rings is 1. The molecule has 0 spiro atoms. The number of aromatic nitrogens is 2. The molecule has 6 heteroatoms. The molecule has 4 nitrogen and oxygen atoms in total. The molecular weight excluding hydrogens is 470 g/mol. The van der Waals surface area contributed by atoms with Gasteiger partial charge in [0, 0.05) is 28.3 Å². The van der Waals surface area contributed by atoms with Gasteiger partial charge in [0.25, 0.3) is 5.91 Å². The summed E-state index contributed by atoms with van der Waals surface area (Å²) in [6.45, 7) is 4.71. The van der Waals surface area contributed by atoms with Crippen LogP contribution in [-0.4, -0.2) is 15.3 Å². The zero-order valence-corrected chi connectivity index (χ0v) is 19.5. The Morgan fingerprint density at radius 1 is 1.10 bits per heavy atom. The number of fused-ring (bicyclic) bond motifs is 3. The molecule has 0 atom stereocenters. The molecule has 31 heavy (non-hydrogen) atoms. The van der Waals surface area contributed by atoms with Gasteiger partial charge in [0.2, 0.25) is 0 Å². The Labute approximate surface area is 192 Å². The lowest BCUT2D eigenvalue weighted by molar-refractivity contribution is 0.0951. The second-order valence-electron chi connectivity index (χ2n) is 7.69. The number of benzene rings is 3. The van der Waals surface area contributed by atoms with Crippen LogP contribution in [0.1, 0.15) is 27.0 Å². The van der Waals surface area contributed by atoms with E-state index >= 15 is 0 Å². The molecule has 0 radical (unpaired) electrons. The van der Waals surface area contributed by atoms with E-state index in [0.717, 1.165) is 36.5 Å². The van der Waals surface area contributed by atoms with Crippen LogP contribution in [0.5, 0.6) is 0 Å². The summed E-state index contributed by atoms with van der Waals surface area (Å²) in [6.07, 6.45) is 2.08. The van der Waals surface area contributed by atoms with Crippen LogP contribution < -0.4 is 5.32 Å². The van der Waals surface area contributed by atoms with Crippen LogP contribution in [0.25, 0.3) is 26.4 Å². The molecule has 2 heterocycles. The van der Waals surface area contributed by atoms with E-state index in [1.54, 1.807) is 11.3 Å². The summed E-state index contributed by atoms with van der Waals surface area (Å²) in [6, 6.07) is 20.2. The summed E-state index contributed by atoms with van der Waals surface area (Å²) >= 11 is 5.06. The van der Waals surface area contributed by atoms with Crippen molar-refractivity contribution in [1.82, 2.24) is 14.7 Å². The monoisotopic (exact) mass is 489 g/mol. The summed E-state index contributed by atoms with van der Waals surface area (Å²) in [5.74, 6) is -0.0797. The lowest BCUT2D eigenvalue weighted by atomic mass is 10.0. The summed E-state index contributed by atoms with van der Waals surface area (Å²) in [5.41, 5.74) is 7.36. The fourth-order valence-electron chi connectivity index (χ4n) is 3.80. The van der Waals surface area contributed by atoms with Crippen molar-refractivity contribution in [1.29, 1.82) is 0 Å². The van der Waals surface area contributed by atoms with Crippen LogP contribution in [0.2, 0.25) is 0 Å². The van der Waals surface area contributed by atoms with Crippen LogP contribution >= 0.6 is 27.3 Å². The van der Waals surface area contributed by atoms with Crippen LogP contribution in [0.4, 0.5) is 0 Å². The van der Waals surface area contributed by atoms with Crippen molar-refractivity contribution in [3.8, 4) is 11.3 Å². The topological polar surface area (TPSA) is 46.4 Å². The standard InChI is InChI=1S/C25H20BrN3OS/c1-15-6-8-20(16(2)10-15)21-14-29-22-9-7-18(12-23(22)31-25(29)28-21)24(30)27-13-17-4-3-5-19(26)11-17/h3-12,14H,13H2,1-2H3,(H,27,30). The van der Waals surface area contributed by atoms with Gasteiger partial charge in [0.1, 0.15) is 0 Å². The van der Waals surface area contributed by atoms with Crippen molar-refractivity contribution in [2.45, 2.75) is 20.4 Å². The second-order valence-corrected chi connectivity index (χ2v) is 9.62. The minimum absolute atomic E-state index is 0.0797. The number of nitrogens with one attached hydrogen (secondary N) is 1. The van der Waals surface area contributed by atoms with Crippen molar-refractivity contribution in [3.63, 3.8) is 0 Å². The lowest BCUT2D eigenvalue weighted by Gasteiger charge is -2.06. The minimum Gasteiger partial charge on any atom is -0.348 e. The molecule has 0 aliphatic heterocycles. The van der Waals surface area contributed by atoms with Crippen molar-refractivity contribution >= 4 is 48.4 Å². The maximum atomic E-state index is 12.7. The Morgan fingerprint density at radius 3 is 2.77 bits per heavy atom. The number of hydrogen-bond donors (Lipinski definition) is 1. The van der Waals surface area contributed by atoms with E-state index in [9.17, 15) is 4.79 Å². The summed E-state index contributed by atoms with van der Waals surface area (Å²) in [5, 5.41) is 3.00. The van der Waals surface area contributed by atoms with Crippen molar-refractivity contribution in [2.75, 3.05) is 0 Å². The predicted molar refractivity (Wildman–Crippen MR) is 131 cm³/mol. The molecule has 0 bridgehead atoms. The number of hydrogen-bond acceptors (Lipinski definition) is 3. The van der Waals surface area contributed by atoms with E-state index in [-0.39, 0.29) is 5.91 Å². The van der Waals surface area contributed by atoms with Gasteiger partial charge in [0.15, 0.2) is 4.96 Å². The third kappa shape index (κ3) is 3.89. The summed E-state index contributed by atoms with van der Waals surface area (Å²) in [4.78, 5) is 18.4. The zero-order valence-electron chi connectivity index (χ0n) is 17.1. The lowest BCUT2D eigenvalue weighted by Crippen LogP contribution is -2.22. The fraction of sp³-hybridized carbons (Fsp3) is 0.120. The van der Waals surface area contributed by atoms with E-state index in [4.69, 9.17) is 4.98 Å². The first-order chi connectivity index (χ1) is 15.0. The highest BCUT2D eigenvalue weighted by Gasteiger charge is 2.14. The van der Waals surface area contributed by atoms with E-state index in [1.165, 1.54) is 11.1 Å². The Hall–Kier alpha value is -2.96. The number of rotatable bonds is 4.